The topological polar surface area (TPSA) is 29.9 Å². The van der Waals surface area contributed by atoms with E-state index in [4.69, 9.17) is 0 Å². The maximum absolute atomic E-state index is 4.19. The molecule has 3 heteroatoms. The van der Waals surface area contributed by atoms with Crippen LogP contribution in [0.25, 0.3) is 6.08 Å². The molecule has 1 aromatic rings. The Hall–Kier alpha value is -1.09. The molecule has 1 fully saturated rings. The van der Waals surface area contributed by atoms with Gasteiger partial charge in [0.1, 0.15) is 0 Å². The van der Waals surface area contributed by atoms with Gasteiger partial charge in [0, 0.05) is 30.9 Å². The zero-order valence-electron chi connectivity index (χ0n) is 8.83. The van der Waals surface area contributed by atoms with E-state index in [1.807, 2.05) is 17.9 Å². The molecule has 1 N–H and O–H groups in total. The van der Waals surface area contributed by atoms with Crippen molar-refractivity contribution in [2.24, 2.45) is 7.05 Å². The minimum absolute atomic E-state index is 0.787. The second-order valence-corrected chi connectivity index (χ2v) is 3.89. The largest absolute Gasteiger partial charge is 0.311 e. The third kappa shape index (κ3) is 2.23. The average molecular weight is 191 g/mol. The summed E-state index contributed by atoms with van der Waals surface area (Å²) in [5, 5.41) is 7.63. The van der Waals surface area contributed by atoms with E-state index in [0.717, 1.165) is 12.6 Å². The fraction of sp³-hybridized carbons (Fsp3) is 0.545. The zero-order valence-corrected chi connectivity index (χ0v) is 8.83. The average Bonchev–Trinajstić information content (AvgIpc) is 2.94. The first-order valence-electron chi connectivity index (χ1n) is 5.16. The van der Waals surface area contributed by atoms with Crippen molar-refractivity contribution in [3.8, 4) is 0 Å². The van der Waals surface area contributed by atoms with E-state index in [0.29, 0.717) is 0 Å². The van der Waals surface area contributed by atoms with Crippen LogP contribution >= 0.6 is 0 Å². The van der Waals surface area contributed by atoms with Gasteiger partial charge in [0.2, 0.25) is 0 Å². The molecule has 2 rings (SSSR count). The van der Waals surface area contributed by atoms with E-state index < -0.39 is 0 Å². The molecule has 1 aliphatic carbocycles. The number of aromatic nitrogens is 2. The van der Waals surface area contributed by atoms with E-state index in [1.54, 1.807) is 0 Å². The van der Waals surface area contributed by atoms with Gasteiger partial charge in [-0.15, -0.1) is 0 Å². The van der Waals surface area contributed by atoms with E-state index in [2.05, 4.69) is 29.5 Å². The Morgan fingerprint density at radius 2 is 2.43 bits per heavy atom. The zero-order chi connectivity index (χ0) is 9.97. The normalized spacial score (nSPS) is 16.7. The van der Waals surface area contributed by atoms with Gasteiger partial charge in [0.15, 0.2) is 0 Å². The molecule has 1 saturated carbocycles. The Morgan fingerprint density at radius 3 is 3.00 bits per heavy atom. The molecule has 1 aromatic heterocycles. The number of nitrogens with zero attached hydrogens (tertiary/aromatic N) is 2. The van der Waals surface area contributed by atoms with Crippen LogP contribution in [0.1, 0.15) is 24.1 Å². The van der Waals surface area contributed by atoms with Gasteiger partial charge in [-0.25, -0.2) is 0 Å². The van der Waals surface area contributed by atoms with Crippen molar-refractivity contribution in [1.82, 2.24) is 15.1 Å². The second-order valence-electron chi connectivity index (χ2n) is 3.89. The van der Waals surface area contributed by atoms with Crippen molar-refractivity contribution >= 4 is 6.08 Å². The highest BCUT2D eigenvalue weighted by Crippen LogP contribution is 2.18. The minimum Gasteiger partial charge on any atom is -0.311 e. The summed E-state index contributed by atoms with van der Waals surface area (Å²) in [5.74, 6) is 0. The van der Waals surface area contributed by atoms with Crippen LogP contribution in [-0.2, 0) is 7.05 Å². The third-order valence-electron chi connectivity index (χ3n) is 2.67. The first kappa shape index (κ1) is 9.46. The molecule has 0 amide bonds. The summed E-state index contributed by atoms with van der Waals surface area (Å²) in [6, 6.07) is 0.787. The van der Waals surface area contributed by atoms with E-state index in [1.165, 1.54) is 24.1 Å². The molecular formula is C11H17N3. The first-order chi connectivity index (χ1) is 6.77. The summed E-state index contributed by atoms with van der Waals surface area (Å²) in [6.07, 6.45) is 8.91. The minimum atomic E-state index is 0.787. The quantitative estimate of drug-likeness (QED) is 0.781. The molecule has 0 aliphatic heterocycles. The standard InChI is InChI=1S/C11H17N3/c1-9-10(8-13-14(9)2)4-3-7-12-11-5-6-11/h3-4,8,11-12H,5-7H2,1-2H3. The van der Waals surface area contributed by atoms with E-state index >= 15 is 0 Å². The van der Waals surface area contributed by atoms with Crippen LogP contribution in [0, 0.1) is 6.92 Å². The van der Waals surface area contributed by atoms with Gasteiger partial charge in [-0.05, 0) is 19.8 Å². The van der Waals surface area contributed by atoms with Gasteiger partial charge in [-0.1, -0.05) is 12.2 Å². The summed E-state index contributed by atoms with van der Waals surface area (Å²) in [6.45, 7) is 3.06. The second kappa shape index (κ2) is 3.96. The van der Waals surface area contributed by atoms with Crippen molar-refractivity contribution in [2.45, 2.75) is 25.8 Å². The molecule has 14 heavy (non-hydrogen) atoms. The highest BCUT2D eigenvalue weighted by molar-refractivity contribution is 5.50. The van der Waals surface area contributed by atoms with Crippen LogP contribution in [0.3, 0.4) is 0 Å². The molecule has 0 aromatic carbocycles. The summed E-state index contributed by atoms with van der Waals surface area (Å²) in [5.41, 5.74) is 2.43. The third-order valence-corrected chi connectivity index (χ3v) is 2.67. The molecule has 0 spiro atoms. The smallest absolute Gasteiger partial charge is 0.0564 e. The van der Waals surface area contributed by atoms with Gasteiger partial charge in [0.25, 0.3) is 0 Å². The predicted octanol–water partition coefficient (Wildman–Crippen LogP) is 1.49. The summed E-state index contributed by atoms with van der Waals surface area (Å²) < 4.78 is 1.90. The predicted molar refractivity (Wildman–Crippen MR) is 58.0 cm³/mol. The molecule has 0 atom stereocenters. The van der Waals surface area contributed by atoms with Gasteiger partial charge in [0.05, 0.1) is 6.20 Å². The Kier molecular flexibility index (Phi) is 2.68. The van der Waals surface area contributed by atoms with Crippen molar-refractivity contribution in [3.05, 3.63) is 23.5 Å². The summed E-state index contributed by atoms with van der Waals surface area (Å²) in [4.78, 5) is 0. The van der Waals surface area contributed by atoms with Crippen molar-refractivity contribution in [3.63, 3.8) is 0 Å². The number of hydrogen-bond donors (Lipinski definition) is 1. The number of nitrogens with one attached hydrogen (secondary N) is 1. The highest BCUT2D eigenvalue weighted by Gasteiger charge is 2.18. The molecule has 0 saturated heterocycles. The molecule has 1 heterocycles. The molecule has 0 radical (unpaired) electrons. The Bertz CT molecular complexity index is 334. The number of rotatable bonds is 4. The van der Waals surface area contributed by atoms with E-state index in [9.17, 15) is 0 Å². The molecule has 76 valence electrons. The fourth-order valence-corrected chi connectivity index (χ4v) is 1.39. The maximum atomic E-state index is 4.19. The van der Waals surface area contributed by atoms with Crippen molar-refractivity contribution in [2.75, 3.05) is 6.54 Å². The van der Waals surface area contributed by atoms with Crippen molar-refractivity contribution in [1.29, 1.82) is 0 Å². The fourth-order valence-electron chi connectivity index (χ4n) is 1.39. The lowest BCUT2D eigenvalue weighted by molar-refractivity contribution is 0.739. The van der Waals surface area contributed by atoms with Gasteiger partial charge in [-0.3, -0.25) is 4.68 Å². The molecule has 0 bridgehead atoms. The Balaban J connectivity index is 1.85. The highest BCUT2D eigenvalue weighted by atomic mass is 15.3. The van der Waals surface area contributed by atoms with Crippen LogP contribution in [-0.4, -0.2) is 22.4 Å². The van der Waals surface area contributed by atoms with E-state index in [-0.39, 0.29) is 0 Å². The Morgan fingerprint density at radius 1 is 1.64 bits per heavy atom. The lowest BCUT2D eigenvalue weighted by atomic mass is 10.2. The molecule has 3 nitrogen and oxygen atoms in total. The lowest BCUT2D eigenvalue weighted by Crippen LogP contribution is -2.15. The number of aryl methyl sites for hydroxylation is 1. The molecule has 0 unspecified atom stereocenters. The van der Waals surface area contributed by atoms with Crippen LogP contribution < -0.4 is 5.32 Å². The van der Waals surface area contributed by atoms with Crippen molar-refractivity contribution < 1.29 is 0 Å². The lowest BCUT2D eigenvalue weighted by Gasteiger charge is -1.96. The SMILES string of the molecule is Cc1c(C=CCNC2CC2)cnn1C. The van der Waals surface area contributed by atoms with Crippen LogP contribution in [0.15, 0.2) is 12.3 Å². The van der Waals surface area contributed by atoms with Gasteiger partial charge < -0.3 is 5.32 Å². The van der Waals surface area contributed by atoms with Crippen LogP contribution in [0.2, 0.25) is 0 Å². The Labute approximate surface area is 84.8 Å². The van der Waals surface area contributed by atoms with Gasteiger partial charge >= 0.3 is 0 Å². The summed E-state index contributed by atoms with van der Waals surface area (Å²) in [7, 11) is 1.97. The van der Waals surface area contributed by atoms with Gasteiger partial charge in [-0.2, -0.15) is 5.10 Å². The maximum Gasteiger partial charge on any atom is 0.0564 e. The first-order valence-corrected chi connectivity index (χ1v) is 5.16. The summed E-state index contributed by atoms with van der Waals surface area (Å²) >= 11 is 0. The van der Waals surface area contributed by atoms with Crippen LogP contribution in [0.5, 0.6) is 0 Å². The number of hydrogen-bond acceptors (Lipinski definition) is 2. The molecule has 1 aliphatic rings. The van der Waals surface area contributed by atoms with Crippen LogP contribution in [0.4, 0.5) is 0 Å². The monoisotopic (exact) mass is 191 g/mol. The molecular weight excluding hydrogens is 174 g/mol.